The highest BCUT2D eigenvalue weighted by molar-refractivity contribution is 9.10. The molecule has 0 saturated carbocycles. The Morgan fingerprint density at radius 1 is 1.07 bits per heavy atom. The highest BCUT2D eigenvalue weighted by atomic mass is 79.9. The van der Waals surface area contributed by atoms with Crippen molar-refractivity contribution in [3.05, 3.63) is 58.8 Å². The molecule has 0 atom stereocenters. The molecule has 0 saturated heterocycles. The lowest BCUT2D eigenvalue weighted by atomic mass is 10.2. The lowest BCUT2D eigenvalue weighted by Crippen LogP contribution is -2.07. The van der Waals surface area contributed by atoms with E-state index in [0.717, 1.165) is 15.7 Å². The topological polar surface area (TPSA) is 128 Å². The van der Waals surface area contributed by atoms with Gasteiger partial charge in [0.05, 0.1) is 18.6 Å². The van der Waals surface area contributed by atoms with Crippen LogP contribution in [0.5, 0.6) is 5.75 Å². The van der Waals surface area contributed by atoms with Crippen molar-refractivity contribution in [3.8, 4) is 17.1 Å². The fourth-order valence-electron chi connectivity index (χ4n) is 2.64. The van der Waals surface area contributed by atoms with Crippen molar-refractivity contribution >= 4 is 45.3 Å². The van der Waals surface area contributed by atoms with E-state index in [1.165, 1.54) is 11.8 Å². The number of hydrogen-bond acceptors (Lipinski definition) is 9. The van der Waals surface area contributed by atoms with Gasteiger partial charge in [-0.15, -0.1) is 5.10 Å². The molecule has 0 unspecified atom stereocenters. The maximum atomic E-state index is 5.86. The molecule has 152 valence electrons. The molecule has 9 nitrogen and oxygen atoms in total. The number of hydrogen-bond donors (Lipinski definition) is 3. The van der Waals surface area contributed by atoms with Crippen LogP contribution in [0.4, 0.5) is 17.6 Å². The summed E-state index contributed by atoms with van der Waals surface area (Å²) in [5.74, 6) is 2.76. The van der Waals surface area contributed by atoms with Gasteiger partial charge in [0.25, 0.3) is 0 Å². The normalized spacial score (nSPS) is 10.7. The Kier molecular flexibility index (Phi) is 6.10. The summed E-state index contributed by atoms with van der Waals surface area (Å²) < 4.78 is 6.28. The zero-order valence-electron chi connectivity index (χ0n) is 15.8. The molecule has 11 heteroatoms. The second-order valence-electron chi connectivity index (χ2n) is 5.99. The Morgan fingerprint density at radius 2 is 1.87 bits per heavy atom. The molecule has 0 aliphatic rings. The maximum Gasteiger partial charge on any atom is 0.232 e. The van der Waals surface area contributed by atoms with Gasteiger partial charge < -0.3 is 15.8 Å². The second-order valence-corrected chi connectivity index (χ2v) is 7.79. The SMILES string of the molecule is COc1ccccc1Nc1nc(N)nc(CSc2n[nH]c(-c3ccccc3Br)n2)n1. The Balaban J connectivity index is 1.47. The van der Waals surface area contributed by atoms with Crippen molar-refractivity contribution in [3.63, 3.8) is 0 Å². The molecule has 4 rings (SSSR count). The predicted molar refractivity (Wildman–Crippen MR) is 120 cm³/mol. The smallest absolute Gasteiger partial charge is 0.232 e. The van der Waals surface area contributed by atoms with Gasteiger partial charge in [0, 0.05) is 10.0 Å². The average molecular weight is 485 g/mol. The van der Waals surface area contributed by atoms with Crippen molar-refractivity contribution < 1.29 is 4.74 Å². The van der Waals surface area contributed by atoms with Gasteiger partial charge in [-0.25, -0.2) is 4.98 Å². The number of nitrogens with one attached hydrogen (secondary N) is 2. The lowest BCUT2D eigenvalue weighted by Gasteiger charge is -2.10. The lowest BCUT2D eigenvalue weighted by molar-refractivity contribution is 0.417. The molecule has 2 aromatic heterocycles. The van der Waals surface area contributed by atoms with Crippen LogP contribution >= 0.6 is 27.7 Å². The summed E-state index contributed by atoms with van der Waals surface area (Å²) in [6.45, 7) is 0. The minimum Gasteiger partial charge on any atom is -0.495 e. The first-order chi connectivity index (χ1) is 14.6. The molecule has 30 heavy (non-hydrogen) atoms. The van der Waals surface area contributed by atoms with Gasteiger partial charge >= 0.3 is 0 Å². The first-order valence-electron chi connectivity index (χ1n) is 8.83. The molecular formula is C19H17BrN8OS. The number of para-hydroxylation sites is 2. The molecular weight excluding hydrogens is 468 g/mol. The third kappa shape index (κ3) is 4.69. The minimum absolute atomic E-state index is 0.127. The number of anilines is 3. The van der Waals surface area contributed by atoms with E-state index in [4.69, 9.17) is 10.5 Å². The summed E-state index contributed by atoms with van der Waals surface area (Å²) in [5, 5.41) is 10.9. The highest BCUT2D eigenvalue weighted by Crippen LogP contribution is 2.28. The Bertz CT molecular complexity index is 1170. The number of thioether (sulfide) groups is 1. The molecule has 2 aromatic carbocycles. The van der Waals surface area contributed by atoms with Gasteiger partial charge in [-0.2, -0.15) is 15.0 Å². The molecule has 0 radical (unpaired) electrons. The molecule has 0 amide bonds. The number of nitrogens with two attached hydrogens (primary N) is 1. The van der Waals surface area contributed by atoms with Crippen LogP contribution in [0.15, 0.2) is 58.2 Å². The number of rotatable bonds is 7. The van der Waals surface area contributed by atoms with E-state index in [9.17, 15) is 0 Å². The highest BCUT2D eigenvalue weighted by Gasteiger charge is 2.12. The Labute approximate surface area is 185 Å². The van der Waals surface area contributed by atoms with Crippen LogP contribution in [0.1, 0.15) is 5.82 Å². The van der Waals surface area contributed by atoms with E-state index in [1.54, 1.807) is 7.11 Å². The monoisotopic (exact) mass is 484 g/mol. The van der Waals surface area contributed by atoms with Crippen molar-refractivity contribution in [2.45, 2.75) is 10.9 Å². The number of nitrogen functional groups attached to an aromatic ring is 1. The van der Waals surface area contributed by atoms with Gasteiger partial charge in [0.1, 0.15) is 11.6 Å². The number of methoxy groups -OCH3 is 1. The van der Waals surface area contributed by atoms with E-state index in [2.05, 4.69) is 51.4 Å². The quantitative estimate of drug-likeness (QED) is 0.332. The van der Waals surface area contributed by atoms with Crippen LogP contribution in [0, 0.1) is 0 Å². The zero-order valence-corrected chi connectivity index (χ0v) is 18.2. The number of aromatic amines is 1. The third-order valence-electron chi connectivity index (χ3n) is 3.98. The number of benzene rings is 2. The van der Waals surface area contributed by atoms with Crippen LogP contribution in [-0.4, -0.2) is 37.2 Å². The molecule has 4 N–H and O–H groups in total. The van der Waals surface area contributed by atoms with Gasteiger partial charge in [0.2, 0.25) is 17.1 Å². The largest absolute Gasteiger partial charge is 0.495 e. The van der Waals surface area contributed by atoms with E-state index >= 15 is 0 Å². The predicted octanol–water partition coefficient (Wildman–Crippen LogP) is 4.05. The van der Waals surface area contributed by atoms with Crippen molar-refractivity contribution in [1.82, 2.24) is 30.1 Å². The Morgan fingerprint density at radius 3 is 2.70 bits per heavy atom. The maximum absolute atomic E-state index is 5.86. The number of nitrogens with zero attached hydrogens (tertiary/aromatic N) is 5. The van der Waals surface area contributed by atoms with Gasteiger partial charge in [0.15, 0.2) is 5.82 Å². The zero-order chi connectivity index (χ0) is 20.9. The fourth-order valence-corrected chi connectivity index (χ4v) is 3.77. The first kappa shape index (κ1) is 20.1. The Hall–Kier alpha value is -3.18. The van der Waals surface area contributed by atoms with Crippen LogP contribution in [0.3, 0.4) is 0 Å². The number of ether oxygens (including phenoxy) is 1. The second kappa shape index (κ2) is 9.09. The molecule has 0 bridgehead atoms. The van der Waals surface area contributed by atoms with E-state index in [0.29, 0.717) is 34.3 Å². The molecule has 2 heterocycles. The molecule has 0 aliphatic carbocycles. The summed E-state index contributed by atoms with van der Waals surface area (Å²) in [7, 11) is 1.60. The van der Waals surface area contributed by atoms with Crippen LogP contribution in [0.2, 0.25) is 0 Å². The van der Waals surface area contributed by atoms with Crippen LogP contribution < -0.4 is 15.8 Å². The number of aromatic nitrogens is 6. The summed E-state index contributed by atoms with van der Waals surface area (Å²) in [4.78, 5) is 17.3. The van der Waals surface area contributed by atoms with Gasteiger partial charge in [-0.05, 0) is 18.2 Å². The third-order valence-corrected chi connectivity index (χ3v) is 5.51. The molecule has 0 spiro atoms. The fraction of sp³-hybridized carbons (Fsp3) is 0.105. The van der Waals surface area contributed by atoms with Crippen molar-refractivity contribution in [2.75, 3.05) is 18.2 Å². The van der Waals surface area contributed by atoms with Crippen LogP contribution in [-0.2, 0) is 5.75 Å². The average Bonchev–Trinajstić information content (AvgIpc) is 3.21. The van der Waals surface area contributed by atoms with E-state index < -0.39 is 0 Å². The summed E-state index contributed by atoms with van der Waals surface area (Å²) in [5.41, 5.74) is 7.53. The summed E-state index contributed by atoms with van der Waals surface area (Å²) in [6.07, 6.45) is 0. The van der Waals surface area contributed by atoms with E-state index in [-0.39, 0.29) is 5.95 Å². The van der Waals surface area contributed by atoms with Crippen molar-refractivity contribution in [1.29, 1.82) is 0 Å². The molecule has 0 fully saturated rings. The van der Waals surface area contributed by atoms with Crippen molar-refractivity contribution in [2.24, 2.45) is 0 Å². The van der Waals surface area contributed by atoms with Gasteiger partial charge in [-0.1, -0.05) is 58.0 Å². The van der Waals surface area contributed by atoms with Crippen LogP contribution in [0.25, 0.3) is 11.4 Å². The van der Waals surface area contributed by atoms with Gasteiger partial charge in [-0.3, -0.25) is 5.10 Å². The minimum atomic E-state index is 0.127. The van der Waals surface area contributed by atoms with E-state index in [1.807, 2.05) is 48.5 Å². The molecule has 0 aliphatic heterocycles. The number of H-pyrrole nitrogens is 1. The first-order valence-corrected chi connectivity index (χ1v) is 10.6. The molecule has 4 aromatic rings. The number of halogens is 1. The summed E-state index contributed by atoms with van der Waals surface area (Å²) >= 11 is 4.92. The standard InChI is InChI=1S/C19H17BrN8OS/c1-29-14-9-5-4-8-13(14)22-18-24-15(23-17(21)26-18)10-30-19-25-16(27-28-19)11-6-2-3-7-12(11)20/h2-9H,10H2,1H3,(H,25,27,28)(H3,21,22,23,24,26). The summed E-state index contributed by atoms with van der Waals surface area (Å²) in [6, 6.07) is 15.3.